The van der Waals surface area contributed by atoms with Crippen molar-refractivity contribution in [3.8, 4) is 11.8 Å². The lowest BCUT2D eigenvalue weighted by atomic mass is 10.1. The zero-order valence-electron chi connectivity index (χ0n) is 14.5. The van der Waals surface area contributed by atoms with Crippen molar-refractivity contribution in [2.45, 2.75) is 13.0 Å². The quantitative estimate of drug-likeness (QED) is 0.675. The minimum absolute atomic E-state index is 0.0890. The lowest BCUT2D eigenvalue weighted by molar-refractivity contribution is 0.446. The van der Waals surface area contributed by atoms with Gasteiger partial charge in [-0.25, -0.2) is 22.5 Å². The number of nitrogens with zero attached hydrogens (tertiary/aromatic N) is 2. The van der Waals surface area contributed by atoms with Gasteiger partial charge in [0, 0.05) is 24.2 Å². The van der Waals surface area contributed by atoms with Crippen molar-refractivity contribution in [3.63, 3.8) is 0 Å². The normalized spacial score (nSPS) is 11.7. The second kappa shape index (κ2) is 7.44. The van der Waals surface area contributed by atoms with E-state index < -0.39 is 34.4 Å². The Labute approximate surface area is 156 Å². The SMILES string of the molecule is C[C@H](Nc1cc(=O)n(-c2cc(F)c(F)c(F)c2)c(=O)[nH]1)c1ccc(C#N)cc1. The molecule has 3 aromatic rings. The van der Waals surface area contributed by atoms with Gasteiger partial charge in [0.05, 0.1) is 17.3 Å². The van der Waals surface area contributed by atoms with E-state index in [0.717, 1.165) is 11.6 Å². The molecule has 28 heavy (non-hydrogen) atoms. The van der Waals surface area contributed by atoms with Crippen LogP contribution in [0.3, 0.4) is 0 Å². The summed E-state index contributed by atoms with van der Waals surface area (Å²) in [4.78, 5) is 27.0. The molecule has 142 valence electrons. The van der Waals surface area contributed by atoms with Crippen molar-refractivity contribution in [1.29, 1.82) is 5.26 Å². The van der Waals surface area contributed by atoms with Gasteiger partial charge < -0.3 is 5.32 Å². The molecule has 2 aromatic carbocycles. The maximum Gasteiger partial charge on any atom is 0.334 e. The van der Waals surface area contributed by atoms with Crippen LogP contribution < -0.4 is 16.6 Å². The van der Waals surface area contributed by atoms with Gasteiger partial charge in [0.25, 0.3) is 5.56 Å². The molecule has 1 atom stereocenters. The van der Waals surface area contributed by atoms with E-state index in [1.807, 2.05) is 6.07 Å². The molecule has 0 radical (unpaired) electrons. The maximum absolute atomic E-state index is 13.4. The third-order valence-corrected chi connectivity index (χ3v) is 4.07. The number of halogens is 3. The fraction of sp³-hybridized carbons (Fsp3) is 0.105. The largest absolute Gasteiger partial charge is 0.365 e. The number of anilines is 1. The first-order valence-electron chi connectivity index (χ1n) is 8.08. The number of aromatic amines is 1. The molecule has 0 amide bonds. The maximum atomic E-state index is 13.4. The highest BCUT2D eigenvalue weighted by Gasteiger charge is 2.15. The zero-order valence-corrected chi connectivity index (χ0v) is 14.5. The highest BCUT2D eigenvalue weighted by Crippen LogP contribution is 2.18. The zero-order chi connectivity index (χ0) is 20.4. The predicted octanol–water partition coefficient (Wildman–Crippen LogP) is 2.99. The summed E-state index contributed by atoms with van der Waals surface area (Å²) in [5.41, 5.74) is -0.956. The molecule has 0 saturated heterocycles. The molecule has 6 nitrogen and oxygen atoms in total. The second-order valence-electron chi connectivity index (χ2n) is 5.99. The molecule has 0 aliphatic heterocycles. The third-order valence-electron chi connectivity index (χ3n) is 4.07. The van der Waals surface area contributed by atoms with Crippen molar-refractivity contribution in [2.24, 2.45) is 0 Å². The van der Waals surface area contributed by atoms with Gasteiger partial charge in [0.1, 0.15) is 5.82 Å². The third kappa shape index (κ3) is 3.66. The molecular weight excluding hydrogens is 373 g/mol. The smallest absolute Gasteiger partial charge is 0.334 e. The first-order valence-corrected chi connectivity index (χ1v) is 8.08. The van der Waals surface area contributed by atoms with Gasteiger partial charge in [-0.05, 0) is 24.6 Å². The number of nitriles is 1. The molecule has 0 fully saturated rings. The van der Waals surface area contributed by atoms with E-state index in [2.05, 4.69) is 10.3 Å². The highest BCUT2D eigenvalue weighted by molar-refractivity contribution is 5.41. The lowest BCUT2D eigenvalue weighted by Gasteiger charge is -2.16. The van der Waals surface area contributed by atoms with Crippen LogP contribution in [0.5, 0.6) is 0 Å². The number of nitrogens with one attached hydrogen (secondary N) is 2. The first kappa shape index (κ1) is 19.0. The van der Waals surface area contributed by atoms with Crippen molar-refractivity contribution in [2.75, 3.05) is 5.32 Å². The summed E-state index contributed by atoms with van der Waals surface area (Å²) in [6, 6.07) is 10.5. The van der Waals surface area contributed by atoms with Crippen molar-refractivity contribution in [3.05, 3.63) is 91.9 Å². The summed E-state index contributed by atoms with van der Waals surface area (Å²) in [7, 11) is 0. The monoisotopic (exact) mass is 386 g/mol. The molecule has 0 aliphatic rings. The second-order valence-corrected chi connectivity index (χ2v) is 5.99. The fourth-order valence-electron chi connectivity index (χ4n) is 2.65. The Morgan fingerprint density at radius 3 is 2.21 bits per heavy atom. The van der Waals surface area contributed by atoms with Crippen molar-refractivity contribution < 1.29 is 13.2 Å². The van der Waals surface area contributed by atoms with E-state index in [9.17, 15) is 22.8 Å². The molecule has 3 rings (SSSR count). The minimum atomic E-state index is -1.69. The van der Waals surface area contributed by atoms with Gasteiger partial charge >= 0.3 is 5.69 Å². The van der Waals surface area contributed by atoms with E-state index in [4.69, 9.17) is 5.26 Å². The van der Waals surface area contributed by atoms with Crippen LogP contribution >= 0.6 is 0 Å². The van der Waals surface area contributed by atoms with E-state index in [0.29, 0.717) is 22.3 Å². The van der Waals surface area contributed by atoms with Gasteiger partial charge in [0.15, 0.2) is 17.5 Å². The van der Waals surface area contributed by atoms with E-state index in [1.54, 1.807) is 31.2 Å². The number of hydrogen-bond donors (Lipinski definition) is 2. The van der Waals surface area contributed by atoms with Crippen LogP contribution in [-0.2, 0) is 0 Å². The van der Waals surface area contributed by atoms with E-state index in [1.165, 1.54) is 0 Å². The van der Waals surface area contributed by atoms with Crippen LogP contribution in [0.2, 0.25) is 0 Å². The number of hydrogen-bond acceptors (Lipinski definition) is 4. The molecule has 2 N–H and O–H groups in total. The van der Waals surface area contributed by atoms with Gasteiger partial charge in [0.2, 0.25) is 0 Å². The highest BCUT2D eigenvalue weighted by atomic mass is 19.2. The number of rotatable bonds is 4. The Balaban J connectivity index is 1.93. The van der Waals surface area contributed by atoms with Crippen LogP contribution in [0, 0.1) is 28.8 Å². The molecule has 0 aliphatic carbocycles. The average molecular weight is 386 g/mol. The summed E-state index contributed by atoms with van der Waals surface area (Å²) >= 11 is 0. The molecule has 0 unspecified atom stereocenters. The van der Waals surface area contributed by atoms with Crippen LogP contribution in [-0.4, -0.2) is 9.55 Å². The molecule has 9 heteroatoms. The Hall–Kier alpha value is -3.80. The Morgan fingerprint density at radius 2 is 1.68 bits per heavy atom. The van der Waals surface area contributed by atoms with Crippen LogP contribution in [0.1, 0.15) is 24.1 Å². The van der Waals surface area contributed by atoms with Crippen LogP contribution in [0.25, 0.3) is 5.69 Å². The van der Waals surface area contributed by atoms with Crippen molar-refractivity contribution >= 4 is 5.82 Å². The summed E-state index contributed by atoms with van der Waals surface area (Å²) in [5, 5.41) is 11.8. The summed E-state index contributed by atoms with van der Waals surface area (Å²) in [5.74, 6) is -4.63. The van der Waals surface area contributed by atoms with E-state index in [-0.39, 0.29) is 11.9 Å². The molecule has 1 heterocycles. The molecule has 0 spiro atoms. The topological polar surface area (TPSA) is 90.7 Å². The minimum Gasteiger partial charge on any atom is -0.365 e. The molecule has 1 aromatic heterocycles. The number of aromatic nitrogens is 2. The van der Waals surface area contributed by atoms with E-state index >= 15 is 0 Å². The van der Waals surface area contributed by atoms with Crippen LogP contribution in [0.15, 0.2) is 52.1 Å². The van der Waals surface area contributed by atoms with Crippen molar-refractivity contribution in [1.82, 2.24) is 9.55 Å². The lowest BCUT2D eigenvalue weighted by Crippen LogP contribution is -2.34. The van der Waals surface area contributed by atoms with Gasteiger partial charge in [-0.2, -0.15) is 5.26 Å². The Bertz CT molecular complexity index is 1140. The summed E-state index contributed by atoms with van der Waals surface area (Å²) in [6.45, 7) is 1.77. The number of H-pyrrole nitrogens is 1. The molecular formula is C19H13F3N4O2. The van der Waals surface area contributed by atoms with Gasteiger partial charge in [-0.1, -0.05) is 12.1 Å². The van der Waals surface area contributed by atoms with Gasteiger partial charge in [-0.15, -0.1) is 0 Å². The summed E-state index contributed by atoms with van der Waals surface area (Å²) < 4.78 is 40.4. The Morgan fingerprint density at radius 1 is 1.07 bits per heavy atom. The number of benzene rings is 2. The molecule has 0 saturated carbocycles. The average Bonchev–Trinajstić information content (AvgIpc) is 2.65. The van der Waals surface area contributed by atoms with Crippen LogP contribution in [0.4, 0.5) is 19.0 Å². The first-order chi connectivity index (χ1) is 13.3. The fourth-order valence-corrected chi connectivity index (χ4v) is 2.65. The van der Waals surface area contributed by atoms with Gasteiger partial charge in [-0.3, -0.25) is 9.78 Å². The Kier molecular flexibility index (Phi) is 5.04. The summed E-state index contributed by atoms with van der Waals surface area (Å²) in [6.07, 6.45) is 0. The molecule has 0 bridgehead atoms. The predicted molar refractivity (Wildman–Crippen MR) is 95.7 cm³/mol. The standard InChI is InChI=1S/C19H13F3N4O2/c1-10(12-4-2-11(9-23)3-5-12)24-16-8-17(27)26(19(28)25-16)13-6-14(20)18(22)15(21)7-13/h2-8,10,24H,1H3,(H,25,28)/t10-/m0/s1.